The van der Waals surface area contributed by atoms with E-state index < -0.39 is 12.2 Å². The topological polar surface area (TPSA) is 94.6 Å². The van der Waals surface area contributed by atoms with Crippen molar-refractivity contribution in [3.05, 3.63) is 0 Å². The van der Waals surface area contributed by atoms with E-state index in [0.29, 0.717) is 0 Å². The van der Waals surface area contributed by atoms with E-state index in [9.17, 15) is 10.1 Å². The molecule has 2 amide bonds. The molecule has 0 aliphatic rings. The van der Waals surface area contributed by atoms with Gasteiger partial charge in [0.15, 0.2) is 6.61 Å². The first-order chi connectivity index (χ1) is 6.24. The van der Waals surface area contributed by atoms with Gasteiger partial charge in [-0.3, -0.25) is 9.31 Å². The summed E-state index contributed by atoms with van der Waals surface area (Å²) in [6, 6.07) is 0. The van der Waals surface area contributed by atoms with Crippen LogP contribution in [-0.2, 0) is 9.47 Å². The summed E-state index contributed by atoms with van der Waals surface area (Å²) in [5.41, 5.74) is 0. The lowest BCUT2D eigenvalue weighted by molar-refractivity contribution is -0.866. The third-order valence-corrected chi connectivity index (χ3v) is 0.820. The maximum Gasteiger partial charge on any atom is 0.662 e. The van der Waals surface area contributed by atoms with Crippen LogP contribution in [0.15, 0.2) is 10.2 Å². The minimum atomic E-state index is -0.906. The summed E-state index contributed by atoms with van der Waals surface area (Å²) in [6.45, 7) is 3.61. The molecule has 0 N–H and O–H groups in total. The molecule has 0 aliphatic heterocycles. The quantitative estimate of drug-likeness (QED) is 0.275. The molecule has 0 spiro atoms. The summed E-state index contributed by atoms with van der Waals surface area (Å²) in [7, 11) is 0. The normalized spacial score (nSPS) is 11.7. The van der Waals surface area contributed by atoms with Crippen LogP contribution in [-0.4, -0.2) is 25.4 Å². The van der Waals surface area contributed by atoms with Gasteiger partial charge in [0.05, 0.1) is 6.61 Å². The predicted octanol–water partition coefficient (Wildman–Crippen LogP) is 0.563. The van der Waals surface area contributed by atoms with E-state index in [4.69, 9.17) is 0 Å². The number of carbonyl (C=O) groups is 1. The number of carbonyl (C=O) groups excluding carboxylic acids is 2. The van der Waals surface area contributed by atoms with Gasteiger partial charge in [-0.1, -0.05) is 5.11 Å². The Bertz CT molecular complexity index is 213. The van der Waals surface area contributed by atoms with E-state index in [1.165, 1.54) is 0 Å². The Morgan fingerprint density at radius 2 is 1.92 bits per heavy atom. The number of amides is 2. The van der Waals surface area contributed by atoms with Crippen LogP contribution in [0.5, 0.6) is 0 Å². The van der Waals surface area contributed by atoms with Crippen molar-refractivity contribution in [2.24, 2.45) is 10.2 Å². The average molecular weight is 190 g/mol. The molecule has 0 unspecified atom stereocenters. The number of hydrogen-bond acceptors (Lipinski definition) is 4. The van der Waals surface area contributed by atoms with E-state index in [-0.39, 0.29) is 13.2 Å². The molecule has 0 radical (unpaired) electrons. The maximum absolute atomic E-state index is 10.6. The molecule has 0 rings (SSSR count). The first-order valence-corrected chi connectivity index (χ1v) is 3.62. The Labute approximate surface area is 74.6 Å². The molecular formula is C6H10N2O5. The van der Waals surface area contributed by atoms with Crippen LogP contribution in [0.4, 0.5) is 9.37 Å². The van der Waals surface area contributed by atoms with Gasteiger partial charge in [-0.2, -0.15) is 0 Å². The van der Waals surface area contributed by atoms with Crippen molar-refractivity contribution in [3.8, 4) is 0 Å². The molecule has 0 aliphatic carbocycles. The zero-order valence-corrected chi connectivity index (χ0v) is 7.35. The molecule has 0 atom stereocenters. The van der Waals surface area contributed by atoms with Crippen molar-refractivity contribution in [3.63, 3.8) is 0 Å². The molecule has 7 nitrogen and oxygen atoms in total. The molecule has 0 saturated heterocycles. The first-order valence-electron chi connectivity index (χ1n) is 3.62. The van der Waals surface area contributed by atoms with Gasteiger partial charge in [0.1, 0.15) is 0 Å². The largest absolute Gasteiger partial charge is 0.662 e. The van der Waals surface area contributed by atoms with E-state index in [0.717, 1.165) is 0 Å². The number of ether oxygens (including phenoxy) is 2. The number of rotatable bonds is 2. The molecule has 0 aromatic carbocycles. The van der Waals surface area contributed by atoms with Gasteiger partial charge >= 0.3 is 12.2 Å². The zero-order chi connectivity index (χ0) is 10.1. The van der Waals surface area contributed by atoms with Gasteiger partial charge in [0.2, 0.25) is 0 Å². The second-order valence-corrected chi connectivity index (χ2v) is 1.68. The molecule has 0 saturated carbocycles. The van der Waals surface area contributed by atoms with Crippen LogP contribution in [0.3, 0.4) is 0 Å². The fourth-order valence-corrected chi connectivity index (χ4v) is 0.427. The Balaban J connectivity index is 4.00. The minimum Gasteiger partial charge on any atom is -0.586 e. The van der Waals surface area contributed by atoms with Gasteiger partial charge in [-0.25, -0.2) is 4.79 Å². The fraction of sp³-hybridized carbons (Fsp3) is 0.667. The maximum atomic E-state index is 10.6. The summed E-state index contributed by atoms with van der Waals surface area (Å²) in [6.07, 6.45) is -1.52. The van der Waals surface area contributed by atoms with Gasteiger partial charge in [-0.05, 0) is 19.0 Å². The Hall–Kier alpha value is -1.66. The second-order valence-electron chi connectivity index (χ2n) is 1.68. The third-order valence-electron chi connectivity index (χ3n) is 0.820. The van der Waals surface area contributed by atoms with Gasteiger partial charge in [-0.15, -0.1) is 0 Å². The summed E-state index contributed by atoms with van der Waals surface area (Å²) in [5, 5.41) is 15.9. The van der Waals surface area contributed by atoms with Crippen molar-refractivity contribution >= 4 is 12.2 Å². The highest BCUT2D eigenvalue weighted by atomic mass is 17.1. The summed E-state index contributed by atoms with van der Waals surface area (Å²) in [5.74, 6) is 0. The van der Waals surface area contributed by atoms with Crippen molar-refractivity contribution in [1.29, 1.82) is 0 Å². The van der Waals surface area contributed by atoms with Crippen molar-refractivity contribution < 1.29 is 24.1 Å². The monoisotopic (exact) mass is 190 g/mol. The lowest BCUT2D eigenvalue weighted by atomic mass is 10.9. The lowest BCUT2D eigenvalue weighted by Crippen LogP contribution is -2.04. The number of azo groups is 1. The smallest absolute Gasteiger partial charge is 0.586 e. The van der Waals surface area contributed by atoms with Crippen LogP contribution in [0, 0.1) is 0 Å². The van der Waals surface area contributed by atoms with Crippen LogP contribution in [0.2, 0.25) is 0 Å². The van der Waals surface area contributed by atoms with Gasteiger partial charge < -0.3 is 9.99 Å². The highest BCUT2D eigenvalue weighted by Crippen LogP contribution is 1.90. The number of hydrogen-bond donors (Lipinski definition) is 0. The molecule has 0 aromatic heterocycles. The summed E-state index contributed by atoms with van der Waals surface area (Å²) >= 11 is 0. The van der Waals surface area contributed by atoms with Gasteiger partial charge in [0, 0.05) is 0 Å². The fourth-order valence-electron chi connectivity index (χ4n) is 0.427. The molecule has 74 valence electrons. The molecule has 0 aromatic rings. The molecule has 7 heteroatoms. The van der Waals surface area contributed by atoms with E-state index in [2.05, 4.69) is 24.3 Å². The Morgan fingerprint density at radius 1 is 1.31 bits per heavy atom. The van der Waals surface area contributed by atoms with Crippen LogP contribution < -0.4 is 5.26 Å². The van der Waals surface area contributed by atoms with Crippen molar-refractivity contribution in [2.45, 2.75) is 13.8 Å². The predicted molar refractivity (Wildman–Crippen MR) is 38.9 cm³/mol. The van der Waals surface area contributed by atoms with E-state index in [1.54, 1.807) is 13.8 Å². The SMILES string of the molecule is CCOC(=O)N=NC(OCC)=[O+][O-]. The first kappa shape index (κ1) is 11.3. The lowest BCUT2D eigenvalue weighted by Gasteiger charge is -1.91. The molecular weight excluding hydrogens is 180 g/mol. The number of nitrogens with zero attached hydrogens (tertiary/aromatic N) is 2. The minimum absolute atomic E-state index is 0.181. The molecule has 0 heterocycles. The summed E-state index contributed by atoms with van der Waals surface area (Å²) in [4.78, 5) is 10.6. The van der Waals surface area contributed by atoms with Crippen LogP contribution in [0.1, 0.15) is 13.8 Å². The highest BCUT2D eigenvalue weighted by molar-refractivity contribution is 5.73. The Morgan fingerprint density at radius 3 is 2.38 bits per heavy atom. The molecule has 0 fully saturated rings. The molecule has 0 bridgehead atoms. The van der Waals surface area contributed by atoms with E-state index in [1.807, 2.05) is 0 Å². The van der Waals surface area contributed by atoms with Crippen LogP contribution >= 0.6 is 0 Å². The Kier molecular flexibility index (Phi) is 6.12. The van der Waals surface area contributed by atoms with E-state index >= 15 is 0 Å². The van der Waals surface area contributed by atoms with Crippen LogP contribution in [0.25, 0.3) is 0 Å². The highest BCUT2D eigenvalue weighted by Gasteiger charge is 2.11. The van der Waals surface area contributed by atoms with Gasteiger partial charge in [0.25, 0.3) is 0 Å². The average Bonchev–Trinajstić information content (AvgIpc) is 2.12. The van der Waals surface area contributed by atoms with Crippen molar-refractivity contribution in [2.75, 3.05) is 13.2 Å². The third kappa shape index (κ3) is 5.59. The second kappa shape index (κ2) is 7.01. The standard InChI is InChI=1S/C6H10N2O5/c1-3-11-5(9)7-8-6(13-10)12-4-2/h3-4H2,1-2H3. The zero-order valence-electron chi connectivity index (χ0n) is 7.35. The summed E-state index contributed by atoms with van der Waals surface area (Å²) < 4.78 is 12.3. The molecule has 13 heavy (non-hydrogen) atoms. The van der Waals surface area contributed by atoms with Crippen molar-refractivity contribution in [1.82, 2.24) is 0 Å².